The monoisotopic (exact) mass is 375 g/mol. The number of ether oxygens (including phenoxy) is 2. The molecule has 136 valence electrons. The third-order valence-electron chi connectivity index (χ3n) is 5.12. The molecule has 1 heterocycles. The first-order valence-electron chi connectivity index (χ1n) is 8.75. The van der Waals surface area contributed by atoms with Crippen molar-refractivity contribution in [1.29, 1.82) is 0 Å². The van der Waals surface area contributed by atoms with E-state index in [0.29, 0.717) is 35.4 Å². The van der Waals surface area contributed by atoms with Gasteiger partial charge in [0.25, 0.3) is 0 Å². The number of hydrogen-bond donors (Lipinski definition) is 1. The lowest BCUT2D eigenvalue weighted by molar-refractivity contribution is -0.124. The van der Waals surface area contributed by atoms with E-state index in [4.69, 9.17) is 21.1 Å². The molecule has 0 atom stereocenters. The van der Waals surface area contributed by atoms with Gasteiger partial charge in [-0.05, 0) is 30.5 Å². The summed E-state index contributed by atoms with van der Waals surface area (Å²) >= 11 is 6.34. The third-order valence-corrected chi connectivity index (χ3v) is 5.44. The first-order chi connectivity index (χ1) is 12.6. The van der Waals surface area contributed by atoms with Crippen LogP contribution in [0, 0.1) is 5.82 Å². The molecule has 4 nitrogen and oxygen atoms in total. The van der Waals surface area contributed by atoms with Gasteiger partial charge < -0.3 is 14.8 Å². The van der Waals surface area contributed by atoms with Crippen LogP contribution in [0.2, 0.25) is 5.02 Å². The zero-order valence-electron chi connectivity index (χ0n) is 14.2. The predicted molar refractivity (Wildman–Crippen MR) is 97.6 cm³/mol. The molecule has 2 aliphatic rings. The zero-order valence-corrected chi connectivity index (χ0v) is 14.9. The fourth-order valence-electron chi connectivity index (χ4n) is 3.47. The van der Waals surface area contributed by atoms with E-state index < -0.39 is 5.41 Å². The lowest BCUT2D eigenvalue weighted by atomic mass is 9.64. The van der Waals surface area contributed by atoms with Crippen molar-refractivity contribution in [1.82, 2.24) is 0 Å². The summed E-state index contributed by atoms with van der Waals surface area (Å²) in [6, 6.07) is 9.53. The Morgan fingerprint density at radius 1 is 1.04 bits per heavy atom. The van der Waals surface area contributed by atoms with E-state index in [-0.39, 0.29) is 11.7 Å². The highest BCUT2D eigenvalue weighted by Gasteiger charge is 2.45. The lowest BCUT2D eigenvalue weighted by Crippen LogP contribution is -2.46. The molecule has 0 spiro atoms. The van der Waals surface area contributed by atoms with Crippen molar-refractivity contribution in [2.24, 2.45) is 0 Å². The van der Waals surface area contributed by atoms with Gasteiger partial charge in [0.2, 0.25) is 5.91 Å². The molecule has 0 bridgehead atoms. The molecule has 26 heavy (non-hydrogen) atoms. The van der Waals surface area contributed by atoms with Crippen molar-refractivity contribution in [2.75, 3.05) is 18.5 Å². The van der Waals surface area contributed by atoms with Crippen molar-refractivity contribution in [2.45, 2.75) is 31.1 Å². The van der Waals surface area contributed by atoms with Crippen molar-refractivity contribution in [3.63, 3.8) is 0 Å². The highest BCUT2D eigenvalue weighted by molar-refractivity contribution is 6.34. The Morgan fingerprint density at radius 3 is 2.31 bits per heavy atom. The van der Waals surface area contributed by atoms with Gasteiger partial charge >= 0.3 is 0 Å². The number of fused-ring (bicyclic) bond motifs is 1. The molecule has 1 fully saturated rings. The van der Waals surface area contributed by atoms with Crippen molar-refractivity contribution < 1.29 is 18.7 Å². The van der Waals surface area contributed by atoms with Crippen molar-refractivity contribution in [3.05, 3.63) is 52.8 Å². The minimum atomic E-state index is -0.638. The van der Waals surface area contributed by atoms with Gasteiger partial charge in [-0.2, -0.15) is 0 Å². The van der Waals surface area contributed by atoms with E-state index in [1.165, 1.54) is 12.1 Å². The van der Waals surface area contributed by atoms with Gasteiger partial charge in [0.05, 0.1) is 29.3 Å². The van der Waals surface area contributed by atoms with Crippen molar-refractivity contribution in [3.8, 4) is 11.5 Å². The number of carbonyl (C=O) groups is 1. The third kappa shape index (κ3) is 3.01. The largest absolute Gasteiger partial charge is 0.490 e. The zero-order chi connectivity index (χ0) is 18.1. The molecular weight excluding hydrogens is 357 g/mol. The Morgan fingerprint density at radius 2 is 1.69 bits per heavy atom. The molecule has 1 aliphatic heterocycles. The summed E-state index contributed by atoms with van der Waals surface area (Å²) in [7, 11) is 0. The standard InChI is InChI=1S/C20H19ClFNO3/c21-15-11-17-18(26-10-2-9-25-17)12-16(15)23-19(24)20(7-1-8-20)13-3-5-14(22)6-4-13/h3-6,11-12H,1-2,7-10H2,(H,23,24). The molecule has 1 saturated carbocycles. The van der Waals surface area contributed by atoms with Crippen LogP contribution in [0.4, 0.5) is 10.1 Å². The fraction of sp³-hybridized carbons (Fsp3) is 0.350. The normalized spacial score (nSPS) is 17.8. The lowest BCUT2D eigenvalue weighted by Gasteiger charge is -2.40. The Hall–Kier alpha value is -2.27. The van der Waals surface area contributed by atoms with Gasteiger partial charge in [-0.25, -0.2) is 4.39 Å². The number of rotatable bonds is 3. The van der Waals surface area contributed by atoms with Gasteiger partial charge in [-0.3, -0.25) is 4.79 Å². The van der Waals surface area contributed by atoms with E-state index in [2.05, 4.69) is 5.32 Å². The number of benzene rings is 2. The van der Waals surface area contributed by atoms with Crippen LogP contribution in [-0.4, -0.2) is 19.1 Å². The Kier molecular flexibility index (Phi) is 4.49. The van der Waals surface area contributed by atoms with Crippen LogP contribution in [0.1, 0.15) is 31.2 Å². The summed E-state index contributed by atoms with van der Waals surface area (Å²) in [6.07, 6.45) is 3.21. The maximum Gasteiger partial charge on any atom is 0.235 e. The first kappa shape index (κ1) is 17.2. The van der Waals surface area contributed by atoms with Crippen LogP contribution in [0.25, 0.3) is 0 Å². The van der Waals surface area contributed by atoms with E-state index in [1.807, 2.05) is 0 Å². The molecule has 0 aromatic heterocycles. The second-order valence-corrected chi connectivity index (χ2v) is 7.13. The second-order valence-electron chi connectivity index (χ2n) is 6.73. The number of halogens is 2. The second kappa shape index (κ2) is 6.80. The van der Waals surface area contributed by atoms with Crippen LogP contribution >= 0.6 is 11.6 Å². The fourth-order valence-corrected chi connectivity index (χ4v) is 3.67. The number of carbonyl (C=O) groups excluding carboxylic acids is 1. The highest BCUT2D eigenvalue weighted by Crippen LogP contribution is 2.45. The molecule has 2 aromatic rings. The molecule has 6 heteroatoms. The number of nitrogens with one attached hydrogen (secondary N) is 1. The van der Waals surface area contributed by atoms with Gasteiger partial charge in [0, 0.05) is 18.6 Å². The SMILES string of the molecule is O=C(Nc1cc2c(cc1Cl)OCCCO2)C1(c2ccc(F)cc2)CCC1. The Bertz CT molecular complexity index is 834. The summed E-state index contributed by atoms with van der Waals surface area (Å²) in [5.41, 5.74) is 0.684. The molecule has 1 amide bonds. The minimum Gasteiger partial charge on any atom is -0.490 e. The topological polar surface area (TPSA) is 47.6 Å². The highest BCUT2D eigenvalue weighted by atomic mass is 35.5. The number of hydrogen-bond acceptors (Lipinski definition) is 3. The molecule has 0 unspecified atom stereocenters. The quantitative estimate of drug-likeness (QED) is 0.845. The Labute approximate surface area is 156 Å². The summed E-state index contributed by atoms with van der Waals surface area (Å²) in [5, 5.41) is 3.34. The van der Waals surface area contributed by atoms with Gasteiger partial charge in [0.1, 0.15) is 5.82 Å². The maximum absolute atomic E-state index is 13.2. The smallest absolute Gasteiger partial charge is 0.235 e. The van der Waals surface area contributed by atoms with Gasteiger partial charge in [-0.15, -0.1) is 0 Å². The number of amides is 1. The molecule has 0 saturated heterocycles. The van der Waals surface area contributed by atoms with E-state index in [0.717, 1.165) is 31.2 Å². The van der Waals surface area contributed by atoms with Crippen LogP contribution in [0.3, 0.4) is 0 Å². The average Bonchev–Trinajstić information content (AvgIpc) is 2.81. The molecular formula is C20H19ClFNO3. The Balaban J connectivity index is 1.61. The summed E-state index contributed by atoms with van der Waals surface area (Å²) < 4.78 is 24.5. The maximum atomic E-state index is 13.2. The first-order valence-corrected chi connectivity index (χ1v) is 9.13. The van der Waals surface area contributed by atoms with Crippen LogP contribution in [0.5, 0.6) is 11.5 Å². The minimum absolute atomic E-state index is 0.133. The van der Waals surface area contributed by atoms with Crippen molar-refractivity contribution >= 4 is 23.2 Å². The van der Waals surface area contributed by atoms with Gasteiger partial charge in [-0.1, -0.05) is 30.2 Å². The molecule has 1 N–H and O–H groups in total. The molecule has 4 rings (SSSR count). The summed E-state index contributed by atoms with van der Waals surface area (Å²) in [5.74, 6) is 0.718. The van der Waals surface area contributed by atoms with Gasteiger partial charge in [0.15, 0.2) is 11.5 Å². The number of anilines is 1. The van der Waals surface area contributed by atoms with E-state index in [9.17, 15) is 9.18 Å². The predicted octanol–water partition coefficient (Wildman–Crippen LogP) is 4.70. The van der Waals surface area contributed by atoms with E-state index in [1.54, 1.807) is 24.3 Å². The average molecular weight is 376 g/mol. The molecule has 2 aromatic carbocycles. The van der Waals surface area contributed by atoms with Crippen LogP contribution in [0.15, 0.2) is 36.4 Å². The van der Waals surface area contributed by atoms with E-state index >= 15 is 0 Å². The summed E-state index contributed by atoms with van der Waals surface area (Å²) in [4.78, 5) is 13.1. The van der Waals surface area contributed by atoms with Crippen LogP contribution < -0.4 is 14.8 Å². The van der Waals surface area contributed by atoms with Crippen LogP contribution in [-0.2, 0) is 10.2 Å². The molecule has 1 aliphatic carbocycles. The molecule has 0 radical (unpaired) electrons. The summed E-state index contributed by atoms with van der Waals surface area (Å²) in [6.45, 7) is 1.13.